The summed E-state index contributed by atoms with van der Waals surface area (Å²) in [6, 6.07) is 19.3. The number of carbonyl (C=O) groups is 1. The van der Waals surface area contributed by atoms with E-state index in [-0.39, 0.29) is 11.4 Å². The van der Waals surface area contributed by atoms with Gasteiger partial charge in [0, 0.05) is 22.7 Å². The van der Waals surface area contributed by atoms with Crippen LogP contribution in [0.3, 0.4) is 0 Å². The fraction of sp³-hybridized carbons (Fsp3) is 0. The van der Waals surface area contributed by atoms with Crippen LogP contribution >= 0.6 is 0 Å². The van der Waals surface area contributed by atoms with Crippen LogP contribution in [-0.2, 0) is 0 Å². The molecule has 0 spiro atoms. The fourth-order valence-electron chi connectivity index (χ4n) is 2.39. The fourth-order valence-corrected chi connectivity index (χ4v) is 2.39. The van der Waals surface area contributed by atoms with E-state index in [2.05, 4.69) is 4.98 Å². The van der Waals surface area contributed by atoms with Gasteiger partial charge in [-0.2, -0.15) is 5.26 Å². The zero-order chi connectivity index (χ0) is 16.1. The summed E-state index contributed by atoms with van der Waals surface area (Å²) in [4.78, 5) is 15.6. The van der Waals surface area contributed by atoms with Gasteiger partial charge in [0.2, 0.25) is 5.78 Å². The number of aromatic nitrogens is 1. The van der Waals surface area contributed by atoms with E-state index < -0.39 is 0 Å². The molecule has 0 aliphatic rings. The maximum atomic E-state index is 12.5. The highest BCUT2D eigenvalue weighted by Crippen LogP contribution is 2.20. The van der Waals surface area contributed by atoms with E-state index in [0.717, 1.165) is 16.5 Å². The first-order valence-electron chi connectivity index (χ1n) is 7.24. The number of carbonyl (C=O) groups excluding carboxylic acids is 1. The zero-order valence-corrected chi connectivity index (χ0v) is 12.4. The average Bonchev–Trinajstić information content (AvgIpc) is 3.03. The van der Waals surface area contributed by atoms with Crippen LogP contribution in [0.2, 0.25) is 0 Å². The summed E-state index contributed by atoms with van der Waals surface area (Å²) < 4.78 is 0. The summed E-state index contributed by atoms with van der Waals surface area (Å²) in [5.41, 5.74) is 2.52. The third-order valence-corrected chi connectivity index (χ3v) is 3.55. The second-order valence-electron chi connectivity index (χ2n) is 5.04. The largest absolute Gasteiger partial charge is 0.360 e. The molecule has 0 bridgehead atoms. The Balaban J connectivity index is 1.89. The number of ketones is 1. The maximum absolute atomic E-state index is 12.5. The number of hydrogen-bond donors (Lipinski definition) is 1. The highest BCUT2D eigenvalue weighted by Gasteiger charge is 2.15. The van der Waals surface area contributed by atoms with Crippen molar-refractivity contribution in [3.63, 3.8) is 0 Å². The number of para-hydroxylation sites is 1. The standard InChI is InChI=1S/C20H14N2O/c21-13-16(10-6-9-15-7-2-1-3-8-15)20(23)18-14-22-19-12-5-4-11-17(18)19/h1-12,14,22H/b9-6+,16-10+. The number of benzene rings is 2. The van der Waals surface area contributed by atoms with Gasteiger partial charge in [-0.25, -0.2) is 0 Å². The van der Waals surface area contributed by atoms with Gasteiger partial charge in [-0.05, 0) is 17.7 Å². The molecule has 3 aromatic rings. The van der Waals surface area contributed by atoms with Gasteiger partial charge in [-0.15, -0.1) is 0 Å². The highest BCUT2D eigenvalue weighted by atomic mass is 16.1. The Hall–Kier alpha value is -3.38. The Bertz CT molecular complexity index is 940. The molecule has 0 saturated heterocycles. The average molecular weight is 298 g/mol. The maximum Gasteiger partial charge on any atom is 0.205 e. The van der Waals surface area contributed by atoms with Crippen molar-refractivity contribution in [3.8, 4) is 6.07 Å². The first-order chi connectivity index (χ1) is 11.3. The van der Waals surface area contributed by atoms with Gasteiger partial charge < -0.3 is 4.98 Å². The quantitative estimate of drug-likeness (QED) is 0.333. The van der Waals surface area contributed by atoms with Gasteiger partial charge in [-0.3, -0.25) is 4.79 Å². The number of rotatable bonds is 4. The summed E-state index contributed by atoms with van der Waals surface area (Å²) >= 11 is 0. The van der Waals surface area contributed by atoms with Crippen molar-refractivity contribution in [2.24, 2.45) is 0 Å². The van der Waals surface area contributed by atoms with E-state index in [0.29, 0.717) is 5.56 Å². The molecule has 0 aliphatic heterocycles. The number of fused-ring (bicyclic) bond motifs is 1. The monoisotopic (exact) mass is 298 g/mol. The van der Waals surface area contributed by atoms with Crippen molar-refractivity contribution in [1.82, 2.24) is 4.98 Å². The molecule has 3 heteroatoms. The first kappa shape index (κ1) is 14.6. The molecule has 23 heavy (non-hydrogen) atoms. The molecule has 3 rings (SSSR count). The van der Waals surface area contributed by atoms with Crippen LogP contribution in [0.25, 0.3) is 17.0 Å². The van der Waals surface area contributed by atoms with Crippen LogP contribution in [0.1, 0.15) is 15.9 Å². The highest BCUT2D eigenvalue weighted by molar-refractivity contribution is 6.18. The second-order valence-corrected chi connectivity index (χ2v) is 5.04. The van der Waals surface area contributed by atoms with Crippen molar-refractivity contribution in [2.75, 3.05) is 0 Å². The predicted molar refractivity (Wildman–Crippen MR) is 91.8 cm³/mol. The number of aromatic amines is 1. The number of Topliss-reactive ketones (excluding diaryl/α,β-unsaturated/α-hetero) is 1. The number of H-pyrrole nitrogens is 1. The molecule has 0 fully saturated rings. The molecule has 110 valence electrons. The summed E-state index contributed by atoms with van der Waals surface area (Å²) in [6.45, 7) is 0. The number of allylic oxidation sites excluding steroid dienone is 3. The predicted octanol–water partition coefficient (Wildman–Crippen LogP) is 4.51. The molecule has 1 aromatic heterocycles. The van der Waals surface area contributed by atoms with Crippen molar-refractivity contribution in [1.29, 1.82) is 5.26 Å². The lowest BCUT2D eigenvalue weighted by Gasteiger charge is -1.96. The zero-order valence-electron chi connectivity index (χ0n) is 12.4. The van der Waals surface area contributed by atoms with E-state index in [1.54, 1.807) is 18.3 Å². The minimum absolute atomic E-state index is 0.113. The molecule has 0 radical (unpaired) electrons. The minimum atomic E-state index is -0.275. The molecule has 0 unspecified atom stereocenters. The van der Waals surface area contributed by atoms with Crippen molar-refractivity contribution >= 4 is 22.8 Å². The Labute approximate surface area is 134 Å². The number of nitrogens with zero attached hydrogens (tertiary/aromatic N) is 1. The smallest absolute Gasteiger partial charge is 0.205 e. The van der Waals surface area contributed by atoms with Crippen molar-refractivity contribution in [3.05, 3.63) is 89.6 Å². The van der Waals surface area contributed by atoms with E-state index >= 15 is 0 Å². The van der Waals surface area contributed by atoms with Gasteiger partial charge in [-0.1, -0.05) is 60.7 Å². The van der Waals surface area contributed by atoms with E-state index in [1.165, 1.54) is 0 Å². The van der Waals surface area contributed by atoms with Crippen LogP contribution < -0.4 is 0 Å². The van der Waals surface area contributed by atoms with Gasteiger partial charge in [0.15, 0.2) is 0 Å². The third-order valence-electron chi connectivity index (χ3n) is 3.55. The van der Waals surface area contributed by atoms with E-state index in [4.69, 9.17) is 0 Å². The van der Waals surface area contributed by atoms with Gasteiger partial charge >= 0.3 is 0 Å². The molecular weight excluding hydrogens is 284 g/mol. The number of hydrogen-bond acceptors (Lipinski definition) is 2. The molecule has 0 saturated carbocycles. The molecule has 0 atom stereocenters. The third kappa shape index (κ3) is 3.12. The Morgan fingerprint density at radius 1 is 1.04 bits per heavy atom. The lowest BCUT2D eigenvalue weighted by Crippen LogP contribution is -2.00. The number of nitrogens with one attached hydrogen (secondary N) is 1. The SMILES string of the molecule is N#C/C(=C\C=C\c1ccccc1)C(=O)c1c[nH]c2ccccc12. The Kier molecular flexibility index (Phi) is 4.17. The topological polar surface area (TPSA) is 56.6 Å². The van der Waals surface area contributed by atoms with E-state index in [1.807, 2.05) is 66.7 Å². The molecule has 2 aromatic carbocycles. The molecular formula is C20H14N2O. The van der Waals surface area contributed by atoms with Crippen LogP contribution in [0.15, 0.2) is 78.5 Å². The lowest BCUT2D eigenvalue weighted by atomic mass is 10.0. The summed E-state index contributed by atoms with van der Waals surface area (Å²) in [6.07, 6.45) is 6.79. The first-order valence-corrected chi connectivity index (χ1v) is 7.24. The Morgan fingerprint density at radius 2 is 1.78 bits per heavy atom. The molecule has 0 aliphatic carbocycles. The normalized spacial score (nSPS) is 11.7. The summed E-state index contributed by atoms with van der Waals surface area (Å²) in [5.74, 6) is -0.275. The molecule has 0 amide bonds. The van der Waals surface area contributed by atoms with Crippen molar-refractivity contribution in [2.45, 2.75) is 0 Å². The molecule has 3 nitrogen and oxygen atoms in total. The minimum Gasteiger partial charge on any atom is -0.360 e. The van der Waals surface area contributed by atoms with E-state index in [9.17, 15) is 10.1 Å². The van der Waals surface area contributed by atoms with Crippen LogP contribution in [-0.4, -0.2) is 10.8 Å². The summed E-state index contributed by atoms with van der Waals surface area (Å²) in [5, 5.41) is 10.1. The molecule has 1 heterocycles. The van der Waals surface area contributed by atoms with Crippen LogP contribution in [0.5, 0.6) is 0 Å². The molecule has 1 N–H and O–H groups in total. The van der Waals surface area contributed by atoms with Crippen LogP contribution in [0, 0.1) is 11.3 Å². The Morgan fingerprint density at radius 3 is 2.57 bits per heavy atom. The lowest BCUT2D eigenvalue weighted by molar-refractivity contribution is 0.104. The summed E-state index contributed by atoms with van der Waals surface area (Å²) in [7, 11) is 0. The van der Waals surface area contributed by atoms with Gasteiger partial charge in [0.05, 0.1) is 0 Å². The van der Waals surface area contributed by atoms with Gasteiger partial charge in [0.1, 0.15) is 11.6 Å². The van der Waals surface area contributed by atoms with Crippen LogP contribution in [0.4, 0.5) is 0 Å². The van der Waals surface area contributed by atoms with Crippen molar-refractivity contribution < 1.29 is 4.79 Å². The second kappa shape index (κ2) is 6.59. The number of nitriles is 1. The van der Waals surface area contributed by atoms with Gasteiger partial charge in [0.25, 0.3) is 0 Å².